The van der Waals surface area contributed by atoms with Gasteiger partial charge in [-0.2, -0.15) is 0 Å². The first kappa shape index (κ1) is 29.4. The summed E-state index contributed by atoms with van der Waals surface area (Å²) in [6.45, 7) is 3.98. The molecule has 1 N–H and O–H groups in total. The zero-order valence-electron chi connectivity index (χ0n) is 25.1. The van der Waals surface area contributed by atoms with Gasteiger partial charge in [-0.1, -0.05) is 12.1 Å². The first-order chi connectivity index (χ1) is 21.7. The van der Waals surface area contributed by atoms with Crippen LogP contribution in [0.25, 0.3) is 32.6 Å². The maximum atomic E-state index is 13.9. The lowest BCUT2D eigenvalue weighted by Gasteiger charge is -2.21. The summed E-state index contributed by atoms with van der Waals surface area (Å²) in [4.78, 5) is 45.5. The summed E-state index contributed by atoms with van der Waals surface area (Å²) in [6.07, 6.45) is 1.21. The molecule has 6 rings (SSSR count). The van der Waals surface area contributed by atoms with Crippen LogP contribution in [0.2, 0.25) is 0 Å². The maximum absolute atomic E-state index is 13.9. The highest BCUT2D eigenvalue weighted by atomic mass is 16.7. The number of hydrogen-bond donors (Lipinski definition) is 1. The topological polar surface area (TPSA) is 142 Å². The number of fused-ring (bicyclic) bond motifs is 6. The summed E-state index contributed by atoms with van der Waals surface area (Å²) in [5, 5.41) is 9.87. The van der Waals surface area contributed by atoms with Crippen LogP contribution in [-0.2, 0) is 11.3 Å². The van der Waals surface area contributed by atoms with E-state index < -0.39 is 12.1 Å². The number of pyridine rings is 2. The van der Waals surface area contributed by atoms with E-state index in [0.717, 1.165) is 5.39 Å². The number of methoxy groups -OCH3 is 1. The molecule has 0 saturated carbocycles. The predicted octanol–water partition coefficient (Wildman–Crippen LogP) is 5.82. The van der Waals surface area contributed by atoms with Crippen LogP contribution >= 0.6 is 0 Å². The molecule has 0 unspecified atom stereocenters. The van der Waals surface area contributed by atoms with E-state index >= 15 is 0 Å². The SMILES string of the molecule is CCn1c(=O)c2cc(OC(=O)N(C)c3ccccc3OC(=O)CCC(C)=N)c(OC)cc2c2cnc3cc4c(cc3c21)OCO4. The van der Waals surface area contributed by atoms with Gasteiger partial charge in [-0.3, -0.25) is 19.5 Å². The number of carbonyl (C=O) groups excluding carboxylic acids is 2. The van der Waals surface area contributed by atoms with Crippen LogP contribution in [0.5, 0.6) is 28.7 Å². The number of nitrogens with one attached hydrogen (secondary N) is 1. The molecule has 0 atom stereocenters. The van der Waals surface area contributed by atoms with E-state index in [1.54, 1.807) is 54.1 Å². The maximum Gasteiger partial charge on any atom is 0.419 e. The molecule has 0 saturated heterocycles. The second kappa shape index (κ2) is 11.8. The normalized spacial score (nSPS) is 12.0. The fourth-order valence-corrected chi connectivity index (χ4v) is 5.35. The van der Waals surface area contributed by atoms with Gasteiger partial charge in [0.1, 0.15) is 0 Å². The highest BCUT2D eigenvalue weighted by Crippen LogP contribution is 2.40. The van der Waals surface area contributed by atoms with Crippen LogP contribution in [0.15, 0.2) is 59.5 Å². The summed E-state index contributed by atoms with van der Waals surface area (Å²) >= 11 is 0. The minimum absolute atomic E-state index is 0.0335. The van der Waals surface area contributed by atoms with Crippen molar-refractivity contribution < 1.29 is 33.3 Å². The molecule has 1 aliphatic heterocycles. The predicted molar refractivity (Wildman–Crippen MR) is 169 cm³/mol. The van der Waals surface area contributed by atoms with Crippen LogP contribution in [-0.4, -0.2) is 48.3 Å². The zero-order valence-corrected chi connectivity index (χ0v) is 25.1. The Balaban J connectivity index is 1.39. The van der Waals surface area contributed by atoms with Gasteiger partial charge < -0.3 is 33.7 Å². The number of aryl methyl sites for hydroxylation is 1. The minimum Gasteiger partial charge on any atom is -0.493 e. The van der Waals surface area contributed by atoms with Gasteiger partial charge in [0.05, 0.1) is 35.6 Å². The molecule has 230 valence electrons. The summed E-state index contributed by atoms with van der Waals surface area (Å²) in [5.41, 5.74) is 1.72. The lowest BCUT2D eigenvalue weighted by atomic mass is 10.0. The smallest absolute Gasteiger partial charge is 0.419 e. The van der Waals surface area contributed by atoms with E-state index in [9.17, 15) is 14.4 Å². The van der Waals surface area contributed by atoms with Crippen molar-refractivity contribution in [3.05, 3.63) is 65.1 Å². The van der Waals surface area contributed by atoms with Gasteiger partial charge in [0, 0.05) is 47.7 Å². The Hall–Kier alpha value is -5.65. The number of para-hydroxylation sites is 2. The molecule has 2 aromatic heterocycles. The number of aromatic nitrogens is 2. The number of hydrogen-bond acceptors (Lipinski definition) is 10. The van der Waals surface area contributed by atoms with Crippen molar-refractivity contribution in [3.63, 3.8) is 0 Å². The first-order valence-electron chi connectivity index (χ1n) is 14.3. The second-order valence-corrected chi connectivity index (χ2v) is 10.5. The molecular weight excluding hydrogens is 580 g/mol. The van der Waals surface area contributed by atoms with E-state index in [4.69, 9.17) is 29.1 Å². The zero-order chi connectivity index (χ0) is 31.8. The summed E-state index contributed by atoms with van der Waals surface area (Å²) < 4.78 is 29.6. The third-order valence-corrected chi connectivity index (χ3v) is 7.62. The molecule has 1 amide bonds. The Bertz CT molecular complexity index is 2090. The van der Waals surface area contributed by atoms with E-state index in [2.05, 4.69) is 4.98 Å². The summed E-state index contributed by atoms with van der Waals surface area (Å²) in [5.74, 6) is 1.07. The molecule has 1 aliphatic rings. The number of amides is 1. The van der Waals surface area contributed by atoms with E-state index in [1.807, 2.05) is 13.0 Å². The molecule has 3 heterocycles. The molecule has 0 bridgehead atoms. The second-order valence-electron chi connectivity index (χ2n) is 10.5. The minimum atomic E-state index is -0.799. The molecule has 0 spiro atoms. The number of esters is 1. The third kappa shape index (κ3) is 5.35. The van der Waals surface area contributed by atoms with Crippen LogP contribution in [0.1, 0.15) is 26.7 Å². The number of benzene rings is 3. The monoisotopic (exact) mass is 610 g/mol. The van der Waals surface area contributed by atoms with Crippen LogP contribution in [0, 0.1) is 5.41 Å². The number of ether oxygens (including phenoxy) is 5. The van der Waals surface area contributed by atoms with Gasteiger partial charge in [0.2, 0.25) is 6.79 Å². The van der Waals surface area contributed by atoms with Crippen LogP contribution in [0.3, 0.4) is 0 Å². The summed E-state index contributed by atoms with van der Waals surface area (Å²) in [7, 11) is 2.92. The number of nitrogens with zero attached hydrogens (tertiary/aromatic N) is 3. The van der Waals surface area contributed by atoms with Gasteiger partial charge in [-0.15, -0.1) is 0 Å². The van der Waals surface area contributed by atoms with Crippen molar-refractivity contribution >= 4 is 56.0 Å². The van der Waals surface area contributed by atoms with Crippen molar-refractivity contribution in [1.29, 1.82) is 5.41 Å². The van der Waals surface area contributed by atoms with Crippen molar-refractivity contribution in [2.45, 2.75) is 33.2 Å². The lowest BCUT2D eigenvalue weighted by molar-refractivity contribution is -0.134. The fourth-order valence-electron chi connectivity index (χ4n) is 5.35. The molecule has 12 heteroatoms. The number of anilines is 1. The Morgan fingerprint density at radius 1 is 0.956 bits per heavy atom. The molecular formula is C33H30N4O8. The van der Waals surface area contributed by atoms with Gasteiger partial charge in [0.15, 0.2) is 28.7 Å². The molecule has 12 nitrogen and oxygen atoms in total. The van der Waals surface area contributed by atoms with Gasteiger partial charge in [0.25, 0.3) is 5.56 Å². The van der Waals surface area contributed by atoms with Crippen molar-refractivity contribution in [2.24, 2.45) is 0 Å². The Kier molecular flexibility index (Phi) is 7.71. The third-order valence-electron chi connectivity index (χ3n) is 7.62. The first-order valence-corrected chi connectivity index (χ1v) is 14.3. The average Bonchev–Trinajstić information content (AvgIpc) is 3.50. The molecule has 3 aromatic carbocycles. The van der Waals surface area contributed by atoms with E-state index in [0.29, 0.717) is 56.6 Å². The summed E-state index contributed by atoms with van der Waals surface area (Å²) in [6, 6.07) is 13.3. The highest BCUT2D eigenvalue weighted by Gasteiger charge is 2.24. The van der Waals surface area contributed by atoms with Crippen molar-refractivity contribution in [1.82, 2.24) is 9.55 Å². The molecule has 0 aliphatic carbocycles. The van der Waals surface area contributed by atoms with Crippen molar-refractivity contribution in [2.75, 3.05) is 25.9 Å². The largest absolute Gasteiger partial charge is 0.493 e. The molecule has 0 fully saturated rings. The fraction of sp³-hybridized carbons (Fsp3) is 0.242. The van der Waals surface area contributed by atoms with Gasteiger partial charge in [-0.05, 0) is 50.6 Å². The van der Waals surface area contributed by atoms with Crippen molar-refractivity contribution in [3.8, 4) is 28.7 Å². The van der Waals surface area contributed by atoms with Crippen LogP contribution in [0.4, 0.5) is 10.5 Å². The molecule has 0 radical (unpaired) electrons. The molecule has 5 aromatic rings. The van der Waals surface area contributed by atoms with Gasteiger partial charge >= 0.3 is 12.1 Å². The highest BCUT2D eigenvalue weighted by molar-refractivity contribution is 6.15. The quantitative estimate of drug-likeness (QED) is 0.0995. The standard InChI is InChI=1S/C33H30N4O8/c1-5-37-31-21-14-27-28(43-17-42-27)15-23(21)35-16-22(31)19-12-26(41-4)29(13-20(19)32(37)39)45-33(40)36(3)24-8-6-7-9-25(24)44-30(38)11-10-18(2)34/h6-9,12-16,34H,5,10-11,17H2,1-4H3. The van der Waals surface area contributed by atoms with Crippen LogP contribution < -0.4 is 34.1 Å². The van der Waals surface area contributed by atoms with E-state index in [-0.39, 0.29) is 42.4 Å². The lowest BCUT2D eigenvalue weighted by Crippen LogP contribution is -2.30. The number of rotatable bonds is 8. The van der Waals surface area contributed by atoms with Gasteiger partial charge in [-0.25, -0.2) is 4.79 Å². The Morgan fingerprint density at radius 3 is 2.42 bits per heavy atom. The Labute approximate surface area is 257 Å². The molecule has 45 heavy (non-hydrogen) atoms. The Morgan fingerprint density at radius 2 is 1.69 bits per heavy atom. The number of carbonyl (C=O) groups is 2. The average molecular weight is 611 g/mol. The van der Waals surface area contributed by atoms with E-state index in [1.165, 1.54) is 25.1 Å².